The molecule has 4 nitrogen and oxygen atoms in total. The van der Waals surface area contributed by atoms with Crippen LogP contribution >= 0.6 is 0 Å². The average molecular weight is 278 g/mol. The van der Waals surface area contributed by atoms with Crippen molar-refractivity contribution in [3.63, 3.8) is 0 Å². The quantitative estimate of drug-likeness (QED) is 0.805. The molecule has 0 saturated carbocycles. The lowest BCUT2D eigenvalue weighted by Gasteiger charge is -2.24. The number of carbonyl (C=O) groups excluding carboxylic acids is 1. The van der Waals surface area contributed by atoms with Crippen LogP contribution < -0.4 is 15.8 Å². The Hall–Kier alpha value is -1.55. The van der Waals surface area contributed by atoms with Gasteiger partial charge in [0.05, 0.1) is 0 Å². The number of hydrogen-bond donors (Lipinski definition) is 2. The van der Waals surface area contributed by atoms with E-state index >= 15 is 0 Å². The van der Waals surface area contributed by atoms with Gasteiger partial charge in [-0.25, -0.2) is 0 Å². The summed E-state index contributed by atoms with van der Waals surface area (Å²) in [6, 6.07) is 7.86. The number of benzene rings is 1. The first-order chi connectivity index (χ1) is 9.39. The molecule has 1 unspecified atom stereocenters. The van der Waals surface area contributed by atoms with Gasteiger partial charge in [0.1, 0.15) is 5.75 Å². The van der Waals surface area contributed by atoms with E-state index in [2.05, 4.69) is 19.2 Å². The Bertz CT molecular complexity index is 444. The van der Waals surface area contributed by atoms with E-state index in [9.17, 15) is 4.79 Å². The number of nitrogens with two attached hydrogens (primary N) is 1. The van der Waals surface area contributed by atoms with Gasteiger partial charge < -0.3 is 15.8 Å². The lowest BCUT2D eigenvalue weighted by atomic mass is 9.98. The topological polar surface area (TPSA) is 64.3 Å². The van der Waals surface area contributed by atoms with Crippen LogP contribution in [0.25, 0.3) is 0 Å². The van der Waals surface area contributed by atoms with E-state index in [0.29, 0.717) is 12.5 Å². The highest BCUT2D eigenvalue weighted by Gasteiger charge is 2.19. The fourth-order valence-electron chi connectivity index (χ4n) is 1.85. The second-order valence-corrected chi connectivity index (χ2v) is 5.77. The summed E-state index contributed by atoms with van der Waals surface area (Å²) in [5.41, 5.74) is 6.32. The molecule has 0 saturated heterocycles. The molecule has 0 bridgehead atoms. The van der Waals surface area contributed by atoms with E-state index in [-0.39, 0.29) is 12.5 Å². The first-order valence-corrected chi connectivity index (χ1v) is 7.12. The Morgan fingerprint density at radius 3 is 2.65 bits per heavy atom. The Kier molecular flexibility index (Phi) is 6.02. The summed E-state index contributed by atoms with van der Waals surface area (Å²) in [6.45, 7) is 8.47. The summed E-state index contributed by atoms with van der Waals surface area (Å²) in [6.07, 6.45) is 1.03. The van der Waals surface area contributed by atoms with E-state index in [1.54, 1.807) is 0 Å². The Morgan fingerprint density at radius 1 is 1.40 bits per heavy atom. The number of carbonyl (C=O) groups is 1. The molecule has 4 heteroatoms. The van der Waals surface area contributed by atoms with Crippen molar-refractivity contribution in [2.45, 2.75) is 45.6 Å². The first-order valence-electron chi connectivity index (χ1n) is 7.12. The van der Waals surface area contributed by atoms with Gasteiger partial charge >= 0.3 is 0 Å². The third-order valence-corrected chi connectivity index (χ3v) is 3.41. The summed E-state index contributed by atoms with van der Waals surface area (Å²) in [5, 5.41) is 2.85. The van der Waals surface area contributed by atoms with Gasteiger partial charge in [0, 0.05) is 12.1 Å². The van der Waals surface area contributed by atoms with E-state index in [1.165, 1.54) is 0 Å². The molecular weight excluding hydrogens is 252 g/mol. The minimum atomic E-state index is -0.406. The molecule has 0 spiro atoms. The van der Waals surface area contributed by atoms with Crippen molar-refractivity contribution < 1.29 is 9.53 Å². The second kappa shape index (κ2) is 7.29. The predicted octanol–water partition coefficient (Wildman–Crippen LogP) is 2.43. The van der Waals surface area contributed by atoms with E-state index < -0.39 is 5.54 Å². The lowest BCUT2D eigenvalue weighted by Crippen LogP contribution is -2.50. The maximum atomic E-state index is 11.8. The van der Waals surface area contributed by atoms with Crippen LogP contribution in [0.3, 0.4) is 0 Å². The SMILES string of the molecule is CCC(C)c1ccccc1OCC(=O)NC(C)(C)CN. The third kappa shape index (κ3) is 4.85. The molecule has 0 radical (unpaired) electrons. The summed E-state index contributed by atoms with van der Waals surface area (Å²) in [5.74, 6) is 1.04. The molecule has 3 N–H and O–H groups in total. The van der Waals surface area contributed by atoms with Crippen molar-refractivity contribution in [3.05, 3.63) is 29.8 Å². The molecule has 0 aliphatic heterocycles. The molecule has 1 aromatic rings. The zero-order chi connectivity index (χ0) is 15.2. The average Bonchev–Trinajstić information content (AvgIpc) is 2.44. The predicted molar refractivity (Wildman–Crippen MR) is 81.9 cm³/mol. The highest BCUT2D eigenvalue weighted by molar-refractivity contribution is 5.78. The first kappa shape index (κ1) is 16.5. The lowest BCUT2D eigenvalue weighted by molar-refractivity contribution is -0.124. The van der Waals surface area contributed by atoms with Gasteiger partial charge in [0.2, 0.25) is 0 Å². The number of rotatable bonds is 7. The monoisotopic (exact) mass is 278 g/mol. The van der Waals surface area contributed by atoms with Gasteiger partial charge in [-0.2, -0.15) is 0 Å². The molecule has 1 amide bonds. The fourth-order valence-corrected chi connectivity index (χ4v) is 1.85. The summed E-state index contributed by atoms with van der Waals surface area (Å²) < 4.78 is 5.66. The van der Waals surface area contributed by atoms with E-state index in [0.717, 1.165) is 17.7 Å². The van der Waals surface area contributed by atoms with Crippen LogP contribution in [0.15, 0.2) is 24.3 Å². The van der Waals surface area contributed by atoms with Crippen molar-refractivity contribution in [1.29, 1.82) is 0 Å². The minimum absolute atomic E-state index is 0.0108. The number of nitrogens with one attached hydrogen (secondary N) is 1. The highest BCUT2D eigenvalue weighted by Crippen LogP contribution is 2.28. The molecule has 0 aliphatic carbocycles. The van der Waals surface area contributed by atoms with Crippen LogP contribution in [-0.4, -0.2) is 24.6 Å². The molecule has 0 aliphatic rings. The Morgan fingerprint density at radius 2 is 2.05 bits per heavy atom. The van der Waals surface area contributed by atoms with Crippen molar-refractivity contribution >= 4 is 5.91 Å². The van der Waals surface area contributed by atoms with Crippen LogP contribution in [0.4, 0.5) is 0 Å². The van der Waals surface area contributed by atoms with Crippen molar-refractivity contribution in [2.75, 3.05) is 13.2 Å². The van der Waals surface area contributed by atoms with Crippen LogP contribution in [0, 0.1) is 0 Å². The Balaban J connectivity index is 2.64. The molecule has 112 valence electrons. The van der Waals surface area contributed by atoms with Gasteiger partial charge in [-0.3, -0.25) is 4.79 Å². The minimum Gasteiger partial charge on any atom is -0.483 e. The molecule has 1 atom stereocenters. The molecular formula is C16H26N2O2. The highest BCUT2D eigenvalue weighted by atomic mass is 16.5. The van der Waals surface area contributed by atoms with Crippen LogP contribution in [0.1, 0.15) is 45.6 Å². The molecule has 20 heavy (non-hydrogen) atoms. The summed E-state index contributed by atoms with van der Waals surface area (Å²) in [7, 11) is 0. The standard InChI is InChI=1S/C16H26N2O2/c1-5-12(2)13-8-6-7-9-14(13)20-10-15(19)18-16(3,4)11-17/h6-9,12H,5,10-11,17H2,1-4H3,(H,18,19). The van der Waals surface area contributed by atoms with Crippen molar-refractivity contribution in [3.8, 4) is 5.75 Å². The molecule has 0 heterocycles. The molecule has 0 aromatic heterocycles. The normalized spacial score (nSPS) is 12.8. The van der Waals surface area contributed by atoms with Gasteiger partial charge in [-0.05, 0) is 37.8 Å². The molecule has 1 rings (SSSR count). The van der Waals surface area contributed by atoms with Crippen molar-refractivity contribution in [2.24, 2.45) is 5.73 Å². The maximum Gasteiger partial charge on any atom is 0.258 e. The third-order valence-electron chi connectivity index (χ3n) is 3.41. The zero-order valence-corrected chi connectivity index (χ0v) is 12.9. The number of para-hydroxylation sites is 1. The number of hydrogen-bond acceptors (Lipinski definition) is 3. The number of amides is 1. The second-order valence-electron chi connectivity index (χ2n) is 5.77. The Labute approximate surface area is 121 Å². The summed E-state index contributed by atoms with van der Waals surface area (Å²) in [4.78, 5) is 11.8. The van der Waals surface area contributed by atoms with Gasteiger partial charge in [0.15, 0.2) is 6.61 Å². The van der Waals surface area contributed by atoms with Gasteiger partial charge in [-0.1, -0.05) is 32.0 Å². The van der Waals surface area contributed by atoms with Gasteiger partial charge in [-0.15, -0.1) is 0 Å². The fraction of sp³-hybridized carbons (Fsp3) is 0.562. The molecule has 0 fully saturated rings. The van der Waals surface area contributed by atoms with E-state index in [1.807, 2.05) is 38.1 Å². The maximum absolute atomic E-state index is 11.8. The van der Waals surface area contributed by atoms with Crippen LogP contribution in [-0.2, 0) is 4.79 Å². The van der Waals surface area contributed by atoms with Gasteiger partial charge in [0.25, 0.3) is 5.91 Å². The number of ether oxygens (including phenoxy) is 1. The largest absolute Gasteiger partial charge is 0.483 e. The van der Waals surface area contributed by atoms with Crippen LogP contribution in [0.2, 0.25) is 0 Å². The van der Waals surface area contributed by atoms with Crippen LogP contribution in [0.5, 0.6) is 5.75 Å². The van der Waals surface area contributed by atoms with E-state index in [4.69, 9.17) is 10.5 Å². The summed E-state index contributed by atoms with van der Waals surface area (Å²) >= 11 is 0. The van der Waals surface area contributed by atoms with Crippen molar-refractivity contribution in [1.82, 2.24) is 5.32 Å². The molecule has 1 aromatic carbocycles. The smallest absolute Gasteiger partial charge is 0.258 e. The zero-order valence-electron chi connectivity index (χ0n) is 12.9.